The molecular formula is C44H56F24O4S4. The molecule has 0 aromatic rings. The van der Waals surface area contributed by atoms with Crippen molar-refractivity contribution in [3.8, 4) is 0 Å². The van der Waals surface area contributed by atoms with Gasteiger partial charge in [0.15, 0.2) is 0 Å². The SMILES string of the molecule is OC(CC1CC2CC1C[C@@H]2S)(C(F)(F)F)C(F)(F)F.OC(CC1CC2CC1C[C@H]2S)(C(F)(F)F)C(F)(F)F.OC(CC1CC2CC1[C@@H](S)C2)(C(F)(F)F)C(F)(F)F.OC(CC1CC2CC1[C@H](S)C2)(C(F)(F)F)C(F)(F)F. The molecule has 0 spiro atoms. The smallest absolute Gasteiger partial charge is 0.374 e. The van der Waals surface area contributed by atoms with Crippen molar-refractivity contribution in [2.24, 2.45) is 71.0 Å². The second-order valence-corrected chi connectivity index (χ2v) is 25.1. The Bertz CT molecular complexity index is 1760. The van der Waals surface area contributed by atoms with E-state index in [0.717, 1.165) is 12.8 Å². The van der Waals surface area contributed by atoms with Crippen molar-refractivity contribution < 1.29 is 126 Å². The van der Waals surface area contributed by atoms with E-state index >= 15 is 0 Å². The van der Waals surface area contributed by atoms with E-state index in [1.165, 1.54) is 0 Å². The molecule has 0 saturated heterocycles. The summed E-state index contributed by atoms with van der Waals surface area (Å²) in [6.45, 7) is 0. The molecule has 0 aromatic heterocycles. The van der Waals surface area contributed by atoms with Gasteiger partial charge < -0.3 is 20.4 Å². The number of rotatable bonds is 8. The zero-order valence-electron chi connectivity index (χ0n) is 39.2. The van der Waals surface area contributed by atoms with E-state index in [1.54, 1.807) is 0 Å². The number of hydrogen-bond acceptors (Lipinski definition) is 8. The Morgan fingerprint density at radius 1 is 0.250 bits per heavy atom. The maximum atomic E-state index is 12.6. The maximum Gasteiger partial charge on any atom is 0.426 e. The highest BCUT2D eigenvalue weighted by Gasteiger charge is 2.75. The summed E-state index contributed by atoms with van der Waals surface area (Å²) in [5, 5.41) is 36.5. The molecule has 0 aromatic carbocycles. The second-order valence-electron chi connectivity index (χ2n) is 22.5. The Balaban J connectivity index is 0.000000187. The van der Waals surface area contributed by atoms with E-state index in [1.807, 2.05) is 0 Å². The first-order valence-corrected chi connectivity index (χ1v) is 26.0. The van der Waals surface area contributed by atoms with Crippen LogP contribution in [-0.4, -0.2) is 113 Å². The molecule has 0 amide bonds. The lowest BCUT2D eigenvalue weighted by Crippen LogP contribution is -2.58. The molecule has 8 rings (SSSR count). The summed E-state index contributed by atoms with van der Waals surface area (Å²) in [6.07, 6.45) is -44.6. The number of hydrogen-bond donors (Lipinski definition) is 8. The van der Waals surface area contributed by atoms with Crippen molar-refractivity contribution in [2.45, 2.75) is 196 Å². The van der Waals surface area contributed by atoms with Gasteiger partial charge in [-0.1, -0.05) is 0 Å². The average Bonchev–Trinajstić information content (AvgIpc) is 4.09. The molecule has 8 aliphatic rings. The summed E-state index contributed by atoms with van der Waals surface area (Å²) >= 11 is 16.9. The lowest BCUT2D eigenvalue weighted by atomic mass is 9.79. The minimum atomic E-state index is -5.71. The molecule has 8 bridgehead atoms. The first kappa shape index (κ1) is 66.4. The van der Waals surface area contributed by atoms with Crippen molar-refractivity contribution in [3.63, 3.8) is 0 Å². The Kier molecular flexibility index (Phi) is 19.2. The Labute approximate surface area is 441 Å². The standard InChI is InChI=1S/4C11H14F6OS/c2*12-10(13,14)9(18,11(15,16)17)4-7-2-6-1-5(7)3-8(6)19;2*12-10(13,14)9(18,11(15,16)17)4-6-1-5-2-7(6)8(19)3-5/h4*5-8,18-19H,1-4H2/t4*5?,6?,7?,8-/m1010/s1. The van der Waals surface area contributed by atoms with Gasteiger partial charge in [0.25, 0.3) is 22.4 Å². The molecule has 32 heteroatoms. The molecule has 0 radical (unpaired) electrons. The van der Waals surface area contributed by atoms with E-state index < -0.39 is 121 Å². The monoisotopic (exact) mass is 1230 g/mol. The van der Waals surface area contributed by atoms with Gasteiger partial charge in [0.2, 0.25) is 0 Å². The molecule has 8 aliphatic carbocycles. The molecular weight excluding hydrogens is 1180 g/mol. The van der Waals surface area contributed by atoms with Crippen LogP contribution in [0.25, 0.3) is 0 Å². The summed E-state index contributed by atoms with van der Waals surface area (Å²) in [5.41, 5.74) is -18.4. The molecule has 448 valence electrons. The van der Waals surface area contributed by atoms with Crippen LogP contribution in [0.2, 0.25) is 0 Å². The first-order valence-electron chi connectivity index (χ1n) is 24.0. The molecule has 0 heterocycles. The van der Waals surface area contributed by atoms with Crippen molar-refractivity contribution in [1.29, 1.82) is 0 Å². The summed E-state index contributed by atoms with van der Waals surface area (Å²) < 4.78 is 302. The van der Waals surface area contributed by atoms with E-state index in [-0.39, 0.29) is 81.2 Å². The molecule has 12 unspecified atom stereocenters. The topological polar surface area (TPSA) is 80.9 Å². The Morgan fingerprint density at radius 3 is 0.632 bits per heavy atom. The van der Waals surface area contributed by atoms with Gasteiger partial charge in [-0.15, -0.1) is 0 Å². The van der Waals surface area contributed by atoms with Crippen LogP contribution in [0.3, 0.4) is 0 Å². The van der Waals surface area contributed by atoms with Gasteiger partial charge in [-0.2, -0.15) is 156 Å². The summed E-state index contributed by atoms with van der Waals surface area (Å²) in [5.74, 6) is -3.48. The molecule has 4 N–H and O–H groups in total. The van der Waals surface area contributed by atoms with Gasteiger partial charge in [-0.25, -0.2) is 0 Å². The fourth-order valence-corrected chi connectivity index (χ4v) is 16.1. The highest BCUT2D eigenvalue weighted by molar-refractivity contribution is 7.81. The average molecular weight is 1230 g/mol. The van der Waals surface area contributed by atoms with E-state index in [2.05, 4.69) is 50.5 Å². The third-order valence-electron chi connectivity index (χ3n) is 17.7. The van der Waals surface area contributed by atoms with Crippen molar-refractivity contribution in [3.05, 3.63) is 0 Å². The van der Waals surface area contributed by atoms with Gasteiger partial charge in [-0.05, 0) is 174 Å². The van der Waals surface area contributed by atoms with Crippen LogP contribution in [0.15, 0.2) is 0 Å². The number of alkyl halides is 24. The quantitative estimate of drug-likeness (QED) is 0.0920. The van der Waals surface area contributed by atoms with E-state index in [0.29, 0.717) is 51.4 Å². The number of fused-ring (bicyclic) bond motifs is 8. The molecule has 0 aliphatic heterocycles. The minimum Gasteiger partial charge on any atom is -0.374 e. The first-order chi connectivity index (χ1) is 33.8. The highest BCUT2D eigenvalue weighted by atomic mass is 32.1. The van der Waals surface area contributed by atoms with Gasteiger partial charge in [0, 0.05) is 21.0 Å². The lowest BCUT2D eigenvalue weighted by molar-refractivity contribution is -0.373. The predicted octanol–water partition coefficient (Wildman–Crippen LogP) is 14.3. The Morgan fingerprint density at radius 2 is 0.474 bits per heavy atom. The summed E-state index contributed by atoms with van der Waals surface area (Å²) in [7, 11) is 0. The minimum absolute atomic E-state index is 0.0612. The van der Waals surface area contributed by atoms with Crippen LogP contribution in [0, 0.1) is 71.0 Å². The Hall–Kier alpha value is -0.440. The van der Waals surface area contributed by atoms with Gasteiger partial charge in [0.05, 0.1) is 0 Å². The van der Waals surface area contributed by atoms with Crippen molar-refractivity contribution >= 4 is 50.5 Å². The fraction of sp³-hybridized carbons (Fsp3) is 1.00. The predicted molar refractivity (Wildman–Crippen MR) is 235 cm³/mol. The summed E-state index contributed by atoms with van der Waals surface area (Å²) in [6, 6.07) is 0. The zero-order chi connectivity index (χ0) is 58.6. The molecule has 76 heavy (non-hydrogen) atoms. The number of halogens is 24. The van der Waals surface area contributed by atoms with E-state index in [4.69, 9.17) is 10.2 Å². The van der Waals surface area contributed by atoms with Crippen LogP contribution in [0.4, 0.5) is 105 Å². The molecule has 16 atom stereocenters. The molecule has 4 nitrogen and oxygen atoms in total. The van der Waals surface area contributed by atoms with Crippen molar-refractivity contribution in [2.75, 3.05) is 0 Å². The highest BCUT2D eigenvalue weighted by Crippen LogP contribution is 2.61. The maximum absolute atomic E-state index is 12.6. The molecule has 8 fully saturated rings. The van der Waals surface area contributed by atoms with Crippen LogP contribution in [0.1, 0.15) is 103 Å². The van der Waals surface area contributed by atoms with E-state index in [9.17, 15) is 116 Å². The second kappa shape index (κ2) is 22.0. The van der Waals surface area contributed by atoms with Crippen LogP contribution < -0.4 is 0 Å². The van der Waals surface area contributed by atoms with Crippen LogP contribution >= 0.6 is 50.5 Å². The molecule has 8 saturated carbocycles. The van der Waals surface area contributed by atoms with Gasteiger partial charge in [0.1, 0.15) is 0 Å². The number of aliphatic hydroxyl groups is 4. The fourth-order valence-electron chi connectivity index (χ4n) is 13.7. The summed E-state index contributed by atoms with van der Waals surface area (Å²) in [4.78, 5) is 0. The number of thiol groups is 4. The van der Waals surface area contributed by atoms with Gasteiger partial charge >= 0.3 is 49.4 Å². The van der Waals surface area contributed by atoms with Gasteiger partial charge in [-0.3, -0.25) is 0 Å². The van der Waals surface area contributed by atoms with Crippen molar-refractivity contribution in [1.82, 2.24) is 0 Å². The third kappa shape index (κ3) is 13.2. The largest absolute Gasteiger partial charge is 0.426 e. The lowest BCUT2D eigenvalue weighted by Gasteiger charge is -2.37. The normalized spacial score (nSPS) is 36.0. The third-order valence-corrected chi connectivity index (χ3v) is 20.2. The van der Waals surface area contributed by atoms with Crippen LogP contribution in [-0.2, 0) is 0 Å². The van der Waals surface area contributed by atoms with Crippen LogP contribution in [0.5, 0.6) is 0 Å². The zero-order valence-corrected chi connectivity index (χ0v) is 42.8.